The second-order valence-corrected chi connectivity index (χ2v) is 7.14. The molecular formula is C23H27FN4O2. The Labute approximate surface area is 175 Å². The van der Waals surface area contributed by atoms with Gasteiger partial charge in [-0.15, -0.1) is 5.10 Å². The van der Waals surface area contributed by atoms with Crippen molar-refractivity contribution in [2.45, 2.75) is 39.0 Å². The normalized spacial score (nSPS) is 12.1. The van der Waals surface area contributed by atoms with Crippen LogP contribution in [-0.2, 0) is 4.74 Å². The molecule has 0 saturated heterocycles. The molecule has 1 amide bonds. The number of nitrogens with zero attached hydrogens (tertiary/aromatic N) is 3. The molecule has 0 radical (unpaired) electrons. The molecule has 1 aromatic heterocycles. The molecule has 0 fully saturated rings. The van der Waals surface area contributed by atoms with E-state index in [1.807, 2.05) is 24.3 Å². The van der Waals surface area contributed by atoms with Crippen molar-refractivity contribution in [2.75, 3.05) is 13.2 Å². The van der Waals surface area contributed by atoms with Crippen molar-refractivity contribution >= 4 is 5.91 Å². The first-order valence-electron chi connectivity index (χ1n) is 10.2. The van der Waals surface area contributed by atoms with Crippen molar-refractivity contribution in [3.63, 3.8) is 0 Å². The highest BCUT2D eigenvalue weighted by Crippen LogP contribution is 2.27. The van der Waals surface area contributed by atoms with Crippen molar-refractivity contribution in [2.24, 2.45) is 5.73 Å². The van der Waals surface area contributed by atoms with E-state index in [4.69, 9.17) is 10.5 Å². The Hall–Kier alpha value is -3.06. The molecule has 0 aliphatic heterocycles. The molecule has 0 bridgehead atoms. The third-order valence-electron chi connectivity index (χ3n) is 4.98. The maximum Gasteiger partial charge on any atom is 0.288 e. The number of unbranched alkanes of at least 4 members (excludes halogenated alkanes) is 1. The Kier molecular flexibility index (Phi) is 7.30. The van der Waals surface area contributed by atoms with E-state index < -0.39 is 11.7 Å². The van der Waals surface area contributed by atoms with Gasteiger partial charge in [-0.3, -0.25) is 4.79 Å². The van der Waals surface area contributed by atoms with E-state index in [2.05, 4.69) is 23.9 Å². The summed E-state index contributed by atoms with van der Waals surface area (Å²) < 4.78 is 21.7. The molecule has 2 N–H and O–H groups in total. The van der Waals surface area contributed by atoms with Crippen LogP contribution in [0.1, 0.15) is 55.2 Å². The molecule has 3 aromatic rings. The average Bonchev–Trinajstić information content (AvgIpc) is 3.20. The van der Waals surface area contributed by atoms with Crippen LogP contribution in [0, 0.1) is 5.82 Å². The summed E-state index contributed by atoms with van der Waals surface area (Å²) in [5.41, 5.74) is 7.39. The largest absolute Gasteiger partial charge is 0.381 e. The Balaban J connectivity index is 1.99. The predicted octanol–water partition coefficient (Wildman–Crippen LogP) is 4.48. The van der Waals surface area contributed by atoms with Crippen LogP contribution in [0.5, 0.6) is 0 Å². The second-order valence-electron chi connectivity index (χ2n) is 7.14. The number of carbonyl (C=O) groups is 1. The first-order chi connectivity index (χ1) is 14.5. The van der Waals surface area contributed by atoms with Gasteiger partial charge in [0.25, 0.3) is 5.91 Å². The minimum atomic E-state index is -0.766. The van der Waals surface area contributed by atoms with E-state index in [0.29, 0.717) is 12.3 Å². The van der Waals surface area contributed by atoms with Crippen molar-refractivity contribution in [1.82, 2.24) is 14.8 Å². The highest BCUT2D eigenvalue weighted by atomic mass is 19.1. The van der Waals surface area contributed by atoms with Gasteiger partial charge in [-0.05, 0) is 42.7 Å². The second kappa shape index (κ2) is 10.1. The number of nitrogens with two attached hydrogens (primary N) is 1. The number of hydrogen-bond acceptors (Lipinski definition) is 4. The van der Waals surface area contributed by atoms with E-state index in [-0.39, 0.29) is 23.1 Å². The average molecular weight is 410 g/mol. The fraction of sp³-hybridized carbons (Fsp3) is 0.348. The summed E-state index contributed by atoms with van der Waals surface area (Å²) in [6.07, 6.45) is 3.05. The zero-order valence-corrected chi connectivity index (χ0v) is 17.3. The minimum absolute atomic E-state index is 0.159. The van der Waals surface area contributed by atoms with Crippen molar-refractivity contribution in [1.29, 1.82) is 0 Å². The highest BCUT2D eigenvalue weighted by molar-refractivity contribution is 5.89. The number of ether oxygens (including phenoxy) is 1. The number of rotatable bonds is 10. The van der Waals surface area contributed by atoms with E-state index in [9.17, 15) is 9.18 Å². The van der Waals surface area contributed by atoms with Crippen LogP contribution in [-0.4, -0.2) is 33.9 Å². The fourth-order valence-corrected chi connectivity index (χ4v) is 3.25. The number of hydrogen-bond donors (Lipinski definition) is 1. The van der Waals surface area contributed by atoms with Crippen LogP contribution in [0.3, 0.4) is 0 Å². The summed E-state index contributed by atoms with van der Waals surface area (Å²) in [6.45, 7) is 5.63. The summed E-state index contributed by atoms with van der Waals surface area (Å²) in [5, 5.41) is 4.24. The zero-order valence-electron chi connectivity index (χ0n) is 17.3. The van der Waals surface area contributed by atoms with Crippen LogP contribution in [0.25, 0.3) is 17.1 Å². The maximum absolute atomic E-state index is 14.4. The smallest absolute Gasteiger partial charge is 0.288 e. The summed E-state index contributed by atoms with van der Waals surface area (Å²) in [4.78, 5) is 15.9. The molecule has 30 heavy (non-hydrogen) atoms. The number of benzene rings is 2. The Morgan fingerprint density at radius 1 is 1.20 bits per heavy atom. The van der Waals surface area contributed by atoms with Gasteiger partial charge in [0.1, 0.15) is 5.82 Å². The molecule has 6 nitrogen and oxygen atoms in total. The molecule has 1 heterocycles. The number of amides is 1. The van der Waals surface area contributed by atoms with Gasteiger partial charge < -0.3 is 10.5 Å². The molecule has 3 rings (SSSR count). The van der Waals surface area contributed by atoms with Crippen molar-refractivity contribution in [3.8, 4) is 17.1 Å². The Bertz CT molecular complexity index is 1000. The molecule has 1 unspecified atom stereocenters. The molecule has 0 saturated carbocycles. The monoisotopic (exact) mass is 410 g/mol. The van der Waals surface area contributed by atoms with Gasteiger partial charge >= 0.3 is 0 Å². The molecule has 0 spiro atoms. The van der Waals surface area contributed by atoms with Gasteiger partial charge in [0.15, 0.2) is 5.82 Å². The van der Waals surface area contributed by atoms with Crippen LogP contribution in [0.4, 0.5) is 4.39 Å². The summed E-state index contributed by atoms with van der Waals surface area (Å²) in [7, 11) is 0. The molecule has 0 aliphatic rings. The molecule has 7 heteroatoms. The lowest BCUT2D eigenvalue weighted by molar-refractivity contribution is 0.0990. The molecule has 1 atom stereocenters. The van der Waals surface area contributed by atoms with Gasteiger partial charge in [0.05, 0.1) is 17.9 Å². The third-order valence-corrected chi connectivity index (χ3v) is 4.98. The van der Waals surface area contributed by atoms with E-state index in [0.717, 1.165) is 31.4 Å². The number of halogens is 1. The Morgan fingerprint density at radius 2 is 2.00 bits per heavy atom. The van der Waals surface area contributed by atoms with Crippen LogP contribution < -0.4 is 5.73 Å². The van der Waals surface area contributed by atoms with Gasteiger partial charge in [-0.2, -0.15) is 0 Å². The lowest BCUT2D eigenvalue weighted by Gasteiger charge is -2.17. The van der Waals surface area contributed by atoms with E-state index >= 15 is 0 Å². The molecule has 158 valence electrons. The van der Waals surface area contributed by atoms with E-state index in [1.54, 1.807) is 18.2 Å². The van der Waals surface area contributed by atoms with Gasteiger partial charge in [-0.25, -0.2) is 14.1 Å². The lowest BCUT2D eigenvalue weighted by atomic mass is 9.97. The van der Waals surface area contributed by atoms with E-state index in [1.165, 1.54) is 10.7 Å². The first kappa shape index (κ1) is 21.6. The van der Waals surface area contributed by atoms with Crippen LogP contribution >= 0.6 is 0 Å². The van der Waals surface area contributed by atoms with Gasteiger partial charge in [0, 0.05) is 12.5 Å². The van der Waals surface area contributed by atoms with Gasteiger partial charge in [0.2, 0.25) is 5.82 Å². The summed E-state index contributed by atoms with van der Waals surface area (Å²) >= 11 is 0. The standard InChI is InChI=1S/C23H27FN4O2/c1-3-5-13-30-15-16(4-2)17-9-8-10-18(14-17)28-23(26-22(27-28)21(25)29)19-11-6-7-12-20(19)24/h6-12,14,16H,3-5,13,15H2,1-2H3,(H2,25,29). The Morgan fingerprint density at radius 3 is 2.70 bits per heavy atom. The fourth-order valence-electron chi connectivity index (χ4n) is 3.25. The minimum Gasteiger partial charge on any atom is -0.381 e. The zero-order chi connectivity index (χ0) is 21.5. The SMILES string of the molecule is CCCCOCC(CC)c1cccc(-n2nc(C(N)=O)nc2-c2ccccc2F)c1. The topological polar surface area (TPSA) is 83.0 Å². The number of aromatic nitrogens is 3. The summed E-state index contributed by atoms with van der Waals surface area (Å²) in [5.74, 6) is -0.926. The number of carbonyl (C=O) groups excluding carboxylic acids is 1. The predicted molar refractivity (Wildman–Crippen MR) is 114 cm³/mol. The van der Waals surface area contributed by atoms with Crippen molar-refractivity contribution in [3.05, 3.63) is 65.7 Å². The first-order valence-corrected chi connectivity index (χ1v) is 10.2. The molecular weight excluding hydrogens is 383 g/mol. The third kappa shape index (κ3) is 4.91. The van der Waals surface area contributed by atoms with Crippen molar-refractivity contribution < 1.29 is 13.9 Å². The summed E-state index contributed by atoms with van der Waals surface area (Å²) in [6, 6.07) is 14.0. The number of primary amides is 1. The molecule has 2 aromatic carbocycles. The highest BCUT2D eigenvalue weighted by Gasteiger charge is 2.20. The molecule has 0 aliphatic carbocycles. The van der Waals surface area contributed by atoms with Crippen LogP contribution in [0.15, 0.2) is 48.5 Å². The van der Waals surface area contributed by atoms with Crippen LogP contribution in [0.2, 0.25) is 0 Å². The quantitative estimate of drug-likeness (QED) is 0.500. The lowest BCUT2D eigenvalue weighted by Crippen LogP contribution is -2.13. The maximum atomic E-state index is 14.4. The van der Waals surface area contributed by atoms with Gasteiger partial charge in [-0.1, -0.05) is 44.5 Å².